The van der Waals surface area contributed by atoms with Crippen LogP contribution in [0.3, 0.4) is 0 Å². The van der Waals surface area contributed by atoms with E-state index in [1.807, 2.05) is 31.3 Å². The molecule has 2 aromatic rings. The number of nitrogens with one attached hydrogen (secondary N) is 1. The normalized spacial score (nSPS) is 12.4. The zero-order valence-corrected chi connectivity index (χ0v) is 13.9. The van der Waals surface area contributed by atoms with E-state index in [1.165, 1.54) is 6.07 Å². The number of hydrogen-bond donors (Lipinski definition) is 1. The lowest BCUT2D eigenvalue weighted by Crippen LogP contribution is -2.19. The van der Waals surface area contributed by atoms with E-state index >= 15 is 0 Å². The standard InChI is InChI=1S/C15H13BrCl2FN/c1-20-14(11-3-2-4-13(19)15(11)18)7-9-5-6-10(16)8-12(9)17/h2-6,8,14,20H,7H2,1H3. The second-order valence-corrected chi connectivity index (χ2v) is 6.13. The minimum absolute atomic E-state index is 0.100. The van der Waals surface area contributed by atoms with Crippen molar-refractivity contribution in [2.45, 2.75) is 12.5 Å². The lowest BCUT2D eigenvalue weighted by molar-refractivity contribution is 0.578. The molecule has 20 heavy (non-hydrogen) atoms. The first-order valence-electron chi connectivity index (χ1n) is 6.08. The van der Waals surface area contributed by atoms with Crippen LogP contribution in [0, 0.1) is 5.82 Å². The Hall–Kier alpha value is -0.610. The maximum atomic E-state index is 13.6. The Bertz CT molecular complexity index is 619. The van der Waals surface area contributed by atoms with E-state index in [-0.39, 0.29) is 11.1 Å². The van der Waals surface area contributed by atoms with E-state index in [2.05, 4.69) is 21.2 Å². The Labute approximate surface area is 136 Å². The maximum Gasteiger partial charge on any atom is 0.142 e. The van der Waals surface area contributed by atoms with Crippen LogP contribution in [0.4, 0.5) is 4.39 Å². The van der Waals surface area contributed by atoms with Crippen LogP contribution in [0.2, 0.25) is 10.0 Å². The van der Waals surface area contributed by atoms with E-state index in [0.717, 1.165) is 15.6 Å². The summed E-state index contributed by atoms with van der Waals surface area (Å²) in [7, 11) is 1.82. The quantitative estimate of drug-likeness (QED) is 0.753. The summed E-state index contributed by atoms with van der Waals surface area (Å²) < 4.78 is 14.5. The molecular weight excluding hydrogens is 364 g/mol. The molecule has 0 aliphatic carbocycles. The van der Waals surface area contributed by atoms with E-state index in [4.69, 9.17) is 23.2 Å². The summed E-state index contributed by atoms with van der Waals surface area (Å²) in [6, 6.07) is 10.5. The Morgan fingerprint density at radius 2 is 2.00 bits per heavy atom. The van der Waals surface area contributed by atoms with Gasteiger partial charge in [0.25, 0.3) is 0 Å². The van der Waals surface area contributed by atoms with Gasteiger partial charge in [0.05, 0.1) is 5.02 Å². The highest BCUT2D eigenvalue weighted by Crippen LogP contribution is 2.30. The molecule has 0 bridgehead atoms. The number of halogens is 4. The molecule has 0 saturated carbocycles. The topological polar surface area (TPSA) is 12.0 Å². The Balaban J connectivity index is 2.31. The van der Waals surface area contributed by atoms with E-state index in [0.29, 0.717) is 11.4 Å². The minimum Gasteiger partial charge on any atom is -0.313 e. The van der Waals surface area contributed by atoms with Crippen LogP contribution in [0.25, 0.3) is 0 Å². The largest absolute Gasteiger partial charge is 0.313 e. The van der Waals surface area contributed by atoms with Gasteiger partial charge in [-0.25, -0.2) is 4.39 Å². The van der Waals surface area contributed by atoms with Crippen molar-refractivity contribution < 1.29 is 4.39 Å². The van der Waals surface area contributed by atoms with E-state index < -0.39 is 5.82 Å². The molecule has 0 aliphatic rings. The number of benzene rings is 2. The third-order valence-electron chi connectivity index (χ3n) is 3.14. The summed E-state index contributed by atoms with van der Waals surface area (Å²) >= 11 is 15.6. The lowest BCUT2D eigenvalue weighted by Gasteiger charge is -2.19. The van der Waals surface area contributed by atoms with Crippen molar-refractivity contribution in [3.63, 3.8) is 0 Å². The Kier molecular flexibility index (Phi) is 5.44. The molecule has 0 amide bonds. The fraction of sp³-hybridized carbons (Fsp3) is 0.200. The SMILES string of the molecule is CNC(Cc1ccc(Br)cc1Cl)c1cccc(F)c1Cl. The maximum absolute atomic E-state index is 13.6. The first-order valence-corrected chi connectivity index (χ1v) is 7.63. The predicted molar refractivity (Wildman–Crippen MR) is 86.1 cm³/mol. The highest BCUT2D eigenvalue weighted by Gasteiger charge is 2.17. The van der Waals surface area contributed by atoms with Gasteiger partial charge in [0.2, 0.25) is 0 Å². The average Bonchev–Trinajstić information content (AvgIpc) is 2.42. The van der Waals surface area contributed by atoms with Crippen molar-refractivity contribution in [2.75, 3.05) is 7.05 Å². The fourth-order valence-electron chi connectivity index (χ4n) is 2.06. The Morgan fingerprint density at radius 1 is 1.25 bits per heavy atom. The molecule has 0 saturated heterocycles. The summed E-state index contributed by atoms with van der Waals surface area (Å²) in [6.45, 7) is 0. The molecule has 0 aromatic heterocycles. The first-order chi connectivity index (χ1) is 9.52. The van der Waals surface area contributed by atoms with Gasteiger partial charge in [0.1, 0.15) is 5.82 Å². The second kappa shape index (κ2) is 6.90. The smallest absolute Gasteiger partial charge is 0.142 e. The van der Waals surface area contributed by atoms with E-state index in [9.17, 15) is 4.39 Å². The van der Waals surface area contributed by atoms with Crippen LogP contribution < -0.4 is 5.32 Å². The highest BCUT2D eigenvalue weighted by molar-refractivity contribution is 9.10. The van der Waals surface area contributed by atoms with Crippen LogP contribution >= 0.6 is 39.1 Å². The molecule has 0 radical (unpaired) electrons. The summed E-state index contributed by atoms with van der Waals surface area (Å²) in [6.07, 6.45) is 0.631. The first kappa shape index (κ1) is 15.8. The molecule has 0 heterocycles. The van der Waals surface area contributed by atoms with Gasteiger partial charge in [-0.3, -0.25) is 0 Å². The van der Waals surface area contributed by atoms with Crippen molar-refractivity contribution in [1.82, 2.24) is 5.32 Å². The average molecular weight is 377 g/mol. The van der Waals surface area contributed by atoms with Gasteiger partial charge in [-0.2, -0.15) is 0 Å². The van der Waals surface area contributed by atoms with Crippen LogP contribution in [0.15, 0.2) is 40.9 Å². The van der Waals surface area contributed by atoms with Crippen molar-refractivity contribution in [3.05, 3.63) is 67.9 Å². The van der Waals surface area contributed by atoms with Gasteiger partial charge < -0.3 is 5.32 Å². The second-order valence-electron chi connectivity index (χ2n) is 4.42. The third-order valence-corrected chi connectivity index (χ3v) is 4.39. The molecular formula is C15H13BrCl2FN. The molecule has 1 nitrogen and oxygen atoms in total. The third kappa shape index (κ3) is 3.53. The molecule has 0 aliphatic heterocycles. The molecule has 1 atom stereocenters. The summed E-state index contributed by atoms with van der Waals surface area (Å²) in [4.78, 5) is 0. The van der Waals surface area contributed by atoms with Crippen molar-refractivity contribution >= 4 is 39.1 Å². The van der Waals surface area contributed by atoms with Gasteiger partial charge in [-0.15, -0.1) is 0 Å². The van der Waals surface area contributed by atoms with Crippen LogP contribution in [-0.4, -0.2) is 7.05 Å². The van der Waals surface area contributed by atoms with Gasteiger partial charge in [-0.05, 0) is 42.8 Å². The van der Waals surface area contributed by atoms with Crippen LogP contribution in [0.5, 0.6) is 0 Å². The van der Waals surface area contributed by atoms with Crippen molar-refractivity contribution in [3.8, 4) is 0 Å². The molecule has 5 heteroatoms. The summed E-state index contributed by atoms with van der Waals surface area (Å²) in [5.74, 6) is -0.411. The Morgan fingerprint density at radius 3 is 2.65 bits per heavy atom. The molecule has 106 valence electrons. The minimum atomic E-state index is -0.411. The molecule has 2 rings (SSSR count). The summed E-state index contributed by atoms with van der Waals surface area (Å²) in [5.41, 5.74) is 1.71. The monoisotopic (exact) mass is 375 g/mol. The van der Waals surface area contributed by atoms with Gasteiger partial charge in [0, 0.05) is 15.5 Å². The van der Waals surface area contributed by atoms with E-state index in [1.54, 1.807) is 6.07 Å². The molecule has 0 fully saturated rings. The van der Waals surface area contributed by atoms with Crippen molar-refractivity contribution in [2.24, 2.45) is 0 Å². The molecule has 0 spiro atoms. The van der Waals surface area contributed by atoms with Crippen LogP contribution in [-0.2, 0) is 6.42 Å². The predicted octanol–water partition coefficient (Wildman–Crippen LogP) is 5.40. The number of hydrogen-bond acceptors (Lipinski definition) is 1. The lowest BCUT2D eigenvalue weighted by atomic mass is 9.99. The van der Waals surface area contributed by atoms with Gasteiger partial charge in [0.15, 0.2) is 0 Å². The van der Waals surface area contributed by atoms with Crippen LogP contribution in [0.1, 0.15) is 17.2 Å². The zero-order valence-electron chi connectivity index (χ0n) is 10.8. The van der Waals surface area contributed by atoms with Crippen molar-refractivity contribution in [1.29, 1.82) is 0 Å². The molecule has 2 aromatic carbocycles. The molecule has 1 N–H and O–H groups in total. The summed E-state index contributed by atoms with van der Waals surface area (Å²) in [5, 5.41) is 3.98. The molecule has 1 unspecified atom stereocenters. The number of rotatable bonds is 4. The highest BCUT2D eigenvalue weighted by atomic mass is 79.9. The van der Waals surface area contributed by atoms with Gasteiger partial charge in [-0.1, -0.05) is 57.3 Å². The zero-order chi connectivity index (χ0) is 14.7. The number of likely N-dealkylation sites (N-methyl/N-ethyl adjacent to an activating group) is 1. The van der Waals surface area contributed by atoms with Gasteiger partial charge >= 0.3 is 0 Å². The fourth-order valence-corrected chi connectivity index (χ4v) is 3.07.